The van der Waals surface area contributed by atoms with E-state index >= 15 is 0 Å². The maximum Gasteiger partial charge on any atom is 0.0611 e. The molecule has 0 amide bonds. The number of likely N-dealkylation sites (N-methyl/N-ethyl adjacent to an activating group) is 1. The van der Waals surface area contributed by atoms with E-state index in [1.165, 1.54) is 25.8 Å². The fourth-order valence-corrected chi connectivity index (χ4v) is 1.83. The third-order valence-corrected chi connectivity index (χ3v) is 3.14. The van der Waals surface area contributed by atoms with Crippen LogP contribution in [0.4, 0.5) is 0 Å². The van der Waals surface area contributed by atoms with Gasteiger partial charge in [-0.15, -0.1) is 0 Å². The Balaban J connectivity index is 3.74. The van der Waals surface area contributed by atoms with Gasteiger partial charge in [0.1, 0.15) is 0 Å². The lowest BCUT2D eigenvalue weighted by Crippen LogP contribution is -2.47. The Bertz CT molecular complexity index is 164. The fourth-order valence-electron chi connectivity index (χ4n) is 1.83. The molecule has 0 saturated carbocycles. The molecule has 0 radical (unpaired) electrons. The first kappa shape index (κ1) is 15.9. The first-order chi connectivity index (χ1) is 7.58. The zero-order chi connectivity index (χ0) is 12.4. The minimum Gasteiger partial charge on any atom is -0.394 e. The molecule has 0 fully saturated rings. The predicted molar refractivity (Wildman–Crippen MR) is 70.8 cm³/mol. The normalized spacial score (nSPS) is 15.4. The Hall–Kier alpha value is -0.120. The Morgan fingerprint density at radius 2 is 1.88 bits per heavy atom. The summed E-state index contributed by atoms with van der Waals surface area (Å²) < 4.78 is 0. The van der Waals surface area contributed by atoms with Crippen molar-refractivity contribution in [3.8, 4) is 0 Å². The van der Waals surface area contributed by atoms with Gasteiger partial charge in [-0.05, 0) is 46.4 Å². The molecular weight excluding hydrogens is 200 g/mol. The summed E-state index contributed by atoms with van der Waals surface area (Å²) in [6.07, 6.45) is 4.87. The SMILES string of the molecule is CCCCCN(C)CCC(C)(CO)NCC. The lowest BCUT2D eigenvalue weighted by molar-refractivity contribution is 0.152. The summed E-state index contributed by atoms with van der Waals surface area (Å²) in [5.74, 6) is 0. The van der Waals surface area contributed by atoms with Crippen LogP contribution in [0.25, 0.3) is 0 Å². The largest absolute Gasteiger partial charge is 0.394 e. The third-order valence-electron chi connectivity index (χ3n) is 3.14. The molecule has 16 heavy (non-hydrogen) atoms. The van der Waals surface area contributed by atoms with Crippen molar-refractivity contribution in [3.63, 3.8) is 0 Å². The van der Waals surface area contributed by atoms with Gasteiger partial charge < -0.3 is 15.3 Å². The molecule has 1 unspecified atom stereocenters. The topological polar surface area (TPSA) is 35.5 Å². The smallest absolute Gasteiger partial charge is 0.0611 e. The van der Waals surface area contributed by atoms with Crippen molar-refractivity contribution in [2.24, 2.45) is 0 Å². The molecule has 0 rings (SSSR count). The molecule has 0 aliphatic heterocycles. The lowest BCUT2D eigenvalue weighted by atomic mass is 9.98. The number of hydrogen-bond donors (Lipinski definition) is 2. The Morgan fingerprint density at radius 1 is 1.19 bits per heavy atom. The maximum atomic E-state index is 9.36. The van der Waals surface area contributed by atoms with E-state index in [0.29, 0.717) is 0 Å². The highest BCUT2D eigenvalue weighted by Gasteiger charge is 2.21. The maximum absolute atomic E-state index is 9.36. The van der Waals surface area contributed by atoms with Crippen LogP contribution in [0.3, 0.4) is 0 Å². The molecule has 0 heterocycles. The third kappa shape index (κ3) is 7.20. The zero-order valence-electron chi connectivity index (χ0n) is 11.6. The summed E-state index contributed by atoms with van der Waals surface area (Å²) in [6, 6.07) is 0. The highest BCUT2D eigenvalue weighted by atomic mass is 16.3. The van der Waals surface area contributed by atoms with Crippen LogP contribution in [0.5, 0.6) is 0 Å². The second-order valence-electron chi connectivity index (χ2n) is 5.01. The van der Waals surface area contributed by atoms with Gasteiger partial charge in [0.05, 0.1) is 6.61 Å². The molecule has 3 heteroatoms. The van der Waals surface area contributed by atoms with Crippen molar-refractivity contribution in [1.82, 2.24) is 10.2 Å². The number of aliphatic hydroxyl groups is 1. The highest BCUT2D eigenvalue weighted by molar-refractivity contribution is 4.82. The van der Waals surface area contributed by atoms with Crippen molar-refractivity contribution >= 4 is 0 Å². The Labute approximate surface area is 101 Å². The minimum absolute atomic E-state index is 0.117. The molecule has 0 aromatic rings. The summed E-state index contributed by atoms with van der Waals surface area (Å²) in [7, 11) is 2.17. The minimum atomic E-state index is -0.117. The fraction of sp³-hybridized carbons (Fsp3) is 1.00. The summed E-state index contributed by atoms with van der Waals surface area (Å²) >= 11 is 0. The molecule has 0 aliphatic rings. The van der Waals surface area contributed by atoms with Crippen LogP contribution in [0, 0.1) is 0 Å². The van der Waals surface area contributed by atoms with E-state index in [0.717, 1.165) is 19.5 Å². The standard InChI is InChI=1S/C13H30N2O/c1-5-7-8-10-15(4)11-9-13(3,12-16)14-6-2/h14,16H,5-12H2,1-4H3. The van der Waals surface area contributed by atoms with Crippen LogP contribution in [-0.4, -0.2) is 48.8 Å². The number of rotatable bonds is 10. The van der Waals surface area contributed by atoms with E-state index in [9.17, 15) is 5.11 Å². The lowest BCUT2D eigenvalue weighted by Gasteiger charge is -2.30. The Kier molecular flexibility index (Phi) is 8.90. The van der Waals surface area contributed by atoms with Gasteiger partial charge in [-0.25, -0.2) is 0 Å². The van der Waals surface area contributed by atoms with Crippen LogP contribution in [-0.2, 0) is 0 Å². The summed E-state index contributed by atoms with van der Waals surface area (Å²) in [5.41, 5.74) is -0.117. The van der Waals surface area contributed by atoms with Gasteiger partial charge in [-0.3, -0.25) is 0 Å². The number of unbranched alkanes of at least 4 members (excludes halogenated alkanes) is 2. The van der Waals surface area contributed by atoms with E-state index in [1.54, 1.807) is 0 Å². The summed E-state index contributed by atoms with van der Waals surface area (Å²) in [6.45, 7) is 9.75. The van der Waals surface area contributed by atoms with Crippen molar-refractivity contribution in [1.29, 1.82) is 0 Å². The zero-order valence-corrected chi connectivity index (χ0v) is 11.6. The summed E-state index contributed by atoms with van der Waals surface area (Å²) in [5, 5.41) is 12.7. The van der Waals surface area contributed by atoms with Gasteiger partial charge in [0.25, 0.3) is 0 Å². The number of aliphatic hydroxyl groups excluding tert-OH is 1. The van der Waals surface area contributed by atoms with E-state index in [2.05, 4.69) is 38.0 Å². The molecule has 0 spiro atoms. The van der Waals surface area contributed by atoms with Crippen molar-refractivity contribution < 1.29 is 5.11 Å². The van der Waals surface area contributed by atoms with Gasteiger partial charge in [0, 0.05) is 5.54 Å². The quantitative estimate of drug-likeness (QED) is 0.562. The first-order valence-electron chi connectivity index (χ1n) is 6.62. The van der Waals surface area contributed by atoms with Crippen LogP contribution >= 0.6 is 0 Å². The van der Waals surface area contributed by atoms with E-state index in [1.807, 2.05) is 0 Å². The molecule has 0 aliphatic carbocycles. The van der Waals surface area contributed by atoms with Crippen LogP contribution in [0.15, 0.2) is 0 Å². The van der Waals surface area contributed by atoms with Gasteiger partial charge >= 0.3 is 0 Å². The van der Waals surface area contributed by atoms with E-state index in [-0.39, 0.29) is 12.1 Å². The average molecular weight is 230 g/mol. The van der Waals surface area contributed by atoms with Crippen molar-refractivity contribution in [3.05, 3.63) is 0 Å². The van der Waals surface area contributed by atoms with Crippen molar-refractivity contribution in [2.75, 3.05) is 33.3 Å². The Morgan fingerprint density at radius 3 is 2.38 bits per heavy atom. The second-order valence-corrected chi connectivity index (χ2v) is 5.01. The molecule has 0 aromatic carbocycles. The monoisotopic (exact) mass is 230 g/mol. The molecule has 3 nitrogen and oxygen atoms in total. The molecular formula is C13H30N2O. The van der Waals surface area contributed by atoms with Gasteiger partial charge in [0.15, 0.2) is 0 Å². The molecule has 0 aromatic heterocycles. The predicted octanol–water partition coefficient (Wildman–Crippen LogP) is 1.86. The molecule has 2 N–H and O–H groups in total. The van der Waals surface area contributed by atoms with Crippen LogP contribution < -0.4 is 5.32 Å². The number of nitrogens with zero attached hydrogens (tertiary/aromatic N) is 1. The first-order valence-corrected chi connectivity index (χ1v) is 6.62. The second kappa shape index (κ2) is 8.97. The van der Waals surface area contributed by atoms with Crippen molar-refractivity contribution in [2.45, 2.75) is 52.0 Å². The van der Waals surface area contributed by atoms with Gasteiger partial charge in [0.2, 0.25) is 0 Å². The van der Waals surface area contributed by atoms with Crippen LogP contribution in [0.1, 0.15) is 46.5 Å². The average Bonchev–Trinajstić information content (AvgIpc) is 2.27. The van der Waals surface area contributed by atoms with Gasteiger partial charge in [-0.2, -0.15) is 0 Å². The highest BCUT2D eigenvalue weighted by Crippen LogP contribution is 2.09. The summed E-state index contributed by atoms with van der Waals surface area (Å²) in [4.78, 5) is 2.36. The number of nitrogens with one attached hydrogen (secondary N) is 1. The molecule has 0 saturated heterocycles. The molecule has 98 valence electrons. The molecule has 0 bridgehead atoms. The van der Waals surface area contributed by atoms with Gasteiger partial charge in [-0.1, -0.05) is 26.7 Å². The van der Waals surface area contributed by atoms with E-state index < -0.39 is 0 Å². The number of hydrogen-bond acceptors (Lipinski definition) is 3. The molecule has 1 atom stereocenters. The van der Waals surface area contributed by atoms with E-state index in [4.69, 9.17) is 0 Å². The van der Waals surface area contributed by atoms with Crippen LogP contribution in [0.2, 0.25) is 0 Å².